The average Bonchev–Trinajstić information content (AvgIpc) is 2.98. The van der Waals surface area contributed by atoms with Gasteiger partial charge in [-0.3, -0.25) is 9.59 Å². The van der Waals surface area contributed by atoms with Gasteiger partial charge in [0.2, 0.25) is 0 Å². The van der Waals surface area contributed by atoms with Gasteiger partial charge >= 0.3 is 6.36 Å². The second kappa shape index (κ2) is 8.22. The summed E-state index contributed by atoms with van der Waals surface area (Å²) in [6.07, 6.45) is -4.84. The summed E-state index contributed by atoms with van der Waals surface area (Å²) in [6.45, 7) is 1.90. The highest BCUT2D eigenvalue weighted by molar-refractivity contribution is 6.46. The Balaban J connectivity index is 1.72. The summed E-state index contributed by atoms with van der Waals surface area (Å²) in [5.74, 6) is -1.64. The maximum Gasteiger partial charge on any atom is 0.573 e. The van der Waals surface area contributed by atoms with Gasteiger partial charge in [-0.2, -0.15) is 0 Å². The molecule has 0 atom stereocenters. The number of hydrogen-bond acceptors (Lipinski definition) is 4. The van der Waals surface area contributed by atoms with Crippen molar-refractivity contribution in [3.63, 3.8) is 0 Å². The first kappa shape index (κ1) is 21.2. The lowest BCUT2D eigenvalue weighted by Crippen LogP contribution is -2.32. The molecule has 0 saturated carbocycles. The highest BCUT2D eigenvalue weighted by atomic mass is 19.4. The molecule has 1 aliphatic rings. The van der Waals surface area contributed by atoms with Gasteiger partial charge in [0, 0.05) is 5.69 Å². The largest absolute Gasteiger partial charge is 0.573 e. The number of carbonyl (C=O) groups is 2. The van der Waals surface area contributed by atoms with E-state index in [1.165, 1.54) is 12.1 Å². The number of amides is 2. The van der Waals surface area contributed by atoms with Crippen LogP contribution in [-0.4, -0.2) is 18.2 Å². The Hall–Kier alpha value is -4.07. The van der Waals surface area contributed by atoms with E-state index in [-0.39, 0.29) is 17.0 Å². The Morgan fingerprint density at radius 2 is 1.53 bits per heavy atom. The zero-order chi connectivity index (χ0) is 22.9. The number of anilines is 2. The highest BCUT2D eigenvalue weighted by Gasteiger charge is 2.40. The van der Waals surface area contributed by atoms with Crippen molar-refractivity contribution in [2.75, 3.05) is 10.2 Å². The molecule has 8 heteroatoms. The molecular formula is C24H17F3N2O3. The molecule has 4 rings (SSSR count). The lowest BCUT2D eigenvalue weighted by Gasteiger charge is -2.16. The fourth-order valence-corrected chi connectivity index (χ4v) is 3.42. The molecule has 1 N–H and O–H groups in total. The molecule has 5 nitrogen and oxygen atoms in total. The number of carbonyl (C=O) groups excluding carboxylic acids is 2. The lowest BCUT2D eigenvalue weighted by molar-refractivity contribution is -0.274. The Bertz CT molecular complexity index is 1200. The maximum atomic E-state index is 13.3. The minimum Gasteiger partial charge on any atom is -0.406 e. The van der Waals surface area contributed by atoms with E-state index in [0.717, 1.165) is 22.6 Å². The van der Waals surface area contributed by atoms with E-state index >= 15 is 0 Å². The molecular weight excluding hydrogens is 421 g/mol. The van der Waals surface area contributed by atoms with Crippen LogP contribution < -0.4 is 15.0 Å². The summed E-state index contributed by atoms with van der Waals surface area (Å²) in [7, 11) is 0. The van der Waals surface area contributed by atoms with Gasteiger partial charge in [0.25, 0.3) is 11.8 Å². The quantitative estimate of drug-likeness (QED) is 0.550. The topological polar surface area (TPSA) is 58.6 Å². The van der Waals surface area contributed by atoms with Crippen LogP contribution in [0.3, 0.4) is 0 Å². The minimum atomic E-state index is -4.84. The van der Waals surface area contributed by atoms with Crippen molar-refractivity contribution in [1.82, 2.24) is 0 Å². The fraction of sp³-hybridized carbons (Fsp3) is 0.0833. The first-order valence-electron chi connectivity index (χ1n) is 9.61. The van der Waals surface area contributed by atoms with Crippen LogP contribution in [-0.2, 0) is 9.59 Å². The van der Waals surface area contributed by atoms with Crippen LogP contribution in [0.5, 0.6) is 5.75 Å². The number of rotatable bonds is 5. The second-order valence-electron chi connectivity index (χ2n) is 7.10. The second-order valence-corrected chi connectivity index (χ2v) is 7.10. The monoisotopic (exact) mass is 438 g/mol. The lowest BCUT2D eigenvalue weighted by atomic mass is 10.0. The molecule has 0 spiro atoms. The average molecular weight is 438 g/mol. The molecule has 0 aromatic heterocycles. The third kappa shape index (κ3) is 4.34. The van der Waals surface area contributed by atoms with Crippen LogP contribution in [0.2, 0.25) is 0 Å². The number of nitrogens with zero attached hydrogens (tertiary/aromatic N) is 1. The van der Waals surface area contributed by atoms with Gasteiger partial charge in [-0.1, -0.05) is 42.5 Å². The fourth-order valence-electron chi connectivity index (χ4n) is 3.42. The van der Waals surface area contributed by atoms with Crippen molar-refractivity contribution >= 4 is 28.8 Å². The number of nitrogens with one attached hydrogen (secondary N) is 1. The van der Waals surface area contributed by atoms with E-state index in [1.807, 2.05) is 25.1 Å². The molecule has 162 valence electrons. The van der Waals surface area contributed by atoms with Crippen LogP contribution in [0.15, 0.2) is 84.6 Å². The van der Waals surface area contributed by atoms with E-state index < -0.39 is 23.9 Å². The molecule has 0 unspecified atom stereocenters. The van der Waals surface area contributed by atoms with Crippen molar-refractivity contribution in [2.24, 2.45) is 0 Å². The number of halogens is 3. The molecule has 3 aromatic rings. The number of ether oxygens (including phenoxy) is 1. The van der Waals surface area contributed by atoms with Crippen molar-refractivity contribution in [2.45, 2.75) is 13.3 Å². The SMILES string of the molecule is Cc1cccc(NC2=C(c3ccccc3)C(=O)N(c3ccc(OC(F)(F)F)cc3)C2=O)c1. The van der Waals surface area contributed by atoms with Crippen molar-refractivity contribution < 1.29 is 27.5 Å². The first-order valence-corrected chi connectivity index (χ1v) is 9.61. The smallest absolute Gasteiger partial charge is 0.406 e. The van der Waals surface area contributed by atoms with Gasteiger partial charge in [-0.05, 0) is 54.4 Å². The molecule has 0 saturated heterocycles. The zero-order valence-electron chi connectivity index (χ0n) is 16.8. The molecule has 0 bridgehead atoms. The predicted octanol–water partition coefficient (Wildman–Crippen LogP) is 5.29. The van der Waals surface area contributed by atoms with E-state index in [4.69, 9.17) is 0 Å². The molecule has 1 aliphatic heterocycles. The Labute approximate surface area is 181 Å². The van der Waals surface area contributed by atoms with E-state index in [9.17, 15) is 22.8 Å². The summed E-state index contributed by atoms with van der Waals surface area (Å²) < 4.78 is 41.2. The molecule has 1 heterocycles. The summed E-state index contributed by atoms with van der Waals surface area (Å²) in [5, 5.41) is 3.05. The third-order valence-electron chi connectivity index (χ3n) is 4.76. The van der Waals surface area contributed by atoms with Gasteiger partial charge in [0.1, 0.15) is 11.4 Å². The summed E-state index contributed by atoms with van der Waals surface area (Å²) >= 11 is 0. The summed E-state index contributed by atoms with van der Waals surface area (Å²) in [6, 6.07) is 20.6. The Kier molecular flexibility index (Phi) is 5.44. The Morgan fingerprint density at radius 1 is 0.844 bits per heavy atom. The van der Waals surface area contributed by atoms with Crippen molar-refractivity contribution in [3.8, 4) is 5.75 Å². The summed E-state index contributed by atoms with van der Waals surface area (Å²) in [5.41, 5.74) is 2.52. The molecule has 3 aromatic carbocycles. The van der Waals surface area contributed by atoms with Crippen LogP contribution >= 0.6 is 0 Å². The number of benzene rings is 3. The maximum absolute atomic E-state index is 13.3. The Morgan fingerprint density at radius 3 is 2.16 bits per heavy atom. The first-order chi connectivity index (χ1) is 15.2. The number of aryl methyl sites for hydroxylation is 1. The van der Waals surface area contributed by atoms with Crippen LogP contribution in [0.25, 0.3) is 5.57 Å². The van der Waals surface area contributed by atoms with E-state index in [0.29, 0.717) is 11.3 Å². The number of hydrogen-bond donors (Lipinski definition) is 1. The normalized spacial score (nSPS) is 14.2. The van der Waals surface area contributed by atoms with Gasteiger partial charge in [0.15, 0.2) is 0 Å². The van der Waals surface area contributed by atoms with Crippen molar-refractivity contribution in [3.05, 3.63) is 95.7 Å². The van der Waals surface area contributed by atoms with Gasteiger partial charge in [-0.15, -0.1) is 13.2 Å². The molecule has 0 aliphatic carbocycles. The standard InChI is InChI=1S/C24H17F3N2O3/c1-15-6-5-9-17(14-15)28-21-20(16-7-3-2-4-8-16)22(30)29(23(21)31)18-10-12-19(13-11-18)32-24(25,26)27/h2-14,28H,1H3. The van der Waals surface area contributed by atoms with Gasteiger partial charge in [-0.25, -0.2) is 4.90 Å². The summed E-state index contributed by atoms with van der Waals surface area (Å²) in [4.78, 5) is 27.5. The van der Waals surface area contributed by atoms with Crippen LogP contribution in [0, 0.1) is 6.92 Å². The van der Waals surface area contributed by atoms with Crippen LogP contribution in [0.1, 0.15) is 11.1 Å². The van der Waals surface area contributed by atoms with E-state index in [1.54, 1.807) is 36.4 Å². The molecule has 2 amide bonds. The zero-order valence-corrected chi connectivity index (χ0v) is 16.8. The van der Waals surface area contributed by atoms with Crippen molar-refractivity contribution in [1.29, 1.82) is 0 Å². The predicted molar refractivity (Wildman–Crippen MR) is 114 cm³/mol. The molecule has 0 radical (unpaired) electrons. The highest BCUT2D eigenvalue weighted by Crippen LogP contribution is 2.35. The van der Waals surface area contributed by atoms with E-state index in [2.05, 4.69) is 10.1 Å². The molecule has 0 fully saturated rings. The number of imide groups is 1. The minimum absolute atomic E-state index is 0.0856. The third-order valence-corrected chi connectivity index (χ3v) is 4.76. The van der Waals surface area contributed by atoms with Crippen LogP contribution in [0.4, 0.5) is 24.5 Å². The van der Waals surface area contributed by atoms with Gasteiger partial charge in [0.05, 0.1) is 11.3 Å². The van der Waals surface area contributed by atoms with Gasteiger partial charge < -0.3 is 10.1 Å². The molecule has 32 heavy (non-hydrogen) atoms. The number of alkyl halides is 3.